The molecule has 1 heterocycles. The first kappa shape index (κ1) is 10.5. The maximum atomic E-state index is 9.27. The second-order valence-electron chi connectivity index (χ2n) is 4.10. The summed E-state index contributed by atoms with van der Waals surface area (Å²) >= 11 is 0. The number of hydrogen-bond donors (Lipinski definition) is 0. The molecule has 0 bridgehead atoms. The molecule has 2 aromatic carbocycles. The molecule has 0 aliphatic carbocycles. The van der Waals surface area contributed by atoms with E-state index in [9.17, 15) is 5.26 Å². The quantitative estimate of drug-likeness (QED) is 0.645. The van der Waals surface area contributed by atoms with Gasteiger partial charge >= 0.3 is 0 Å². The van der Waals surface area contributed by atoms with Gasteiger partial charge in [0, 0.05) is 0 Å². The molecule has 18 heavy (non-hydrogen) atoms. The summed E-state index contributed by atoms with van der Waals surface area (Å²) in [5, 5.41) is 9.27. The van der Waals surface area contributed by atoms with Crippen LogP contribution < -0.4 is 0 Å². The second-order valence-corrected chi connectivity index (χ2v) is 4.10. The number of nitrogens with zero attached hydrogens (tertiary/aromatic N) is 2. The molecule has 0 saturated heterocycles. The van der Waals surface area contributed by atoms with Gasteiger partial charge in [-0.3, -0.25) is 0 Å². The minimum absolute atomic E-state index is 0.583. The number of rotatable bonds is 1. The average molecular weight is 234 g/mol. The standard InChI is InChI=1S/C15H10N2O/c1-10-12(11-5-3-2-4-6-11)7-14-15(13(10)8-16)17-9-18-14/h2-7,9H,1H3. The van der Waals surface area contributed by atoms with Crippen LogP contribution in [0.25, 0.3) is 22.2 Å². The highest BCUT2D eigenvalue weighted by Crippen LogP contribution is 2.31. The van der Waals surface area contributed by atoms with Gasteiger partial charge in [-0.15, -0.1) is 0 Å². The molecule has 3 rings (SSSR count). The van der Waals surface area contributed by atoms with Gasteiger partial charge in [0.25, 0.3) is 0 Å². The van der Waals surface area contributed by atoms with Crippen molar-refractivity contribution in [2.75, 3.05) is 0 Å². The molecular weight excluding hydrogens is 224 g/mol. The van der Waals surface area contributed by atoms with Gasteiger partial charge in [0.15, 0.2) is 12.0 Å². The van der Waals surface area contributed by atoms with Crippen LogP contribution >= 0.6 is 0 Å². The van der Waals surface area contributed by atoms with Gasteiger partial charge in [-0.25, -0.2) is 4.98 Å². The zero-order valence-electron chi connectivity index (χ0n) is 9.84. The van der Waals surface area contributed by atoms with Crippen LogP contribution in [0.15, 0.2) is 47.2 Å². The number of benzene rings is 2. The van der Waals surface area contributed by atoms with E-state index < -0.39 is 0 Å². The van der Waals surface area contributed by atoms with E-state index in [-0.39, 0.29) is 0 Å². The van der Waals surface area contributed by atoms with Gasteiger partial charge in [0.1, 0.15) is 11.6 Å². The average Bonchev–Trinajstić information content (AvgIpc) is 2.87. The molecule has 0 saturated carbocycles. The third kappa shape index (κ3) is 1.47. The Labute approximate surface area is 104 Å². The highest BCUT2D eigenvalue weighted by Gasteiger charge is 2.13. The smallest absolute Gasteiger partial charge is 0.182 e. The fourth-order valence-corrected chi connectivity index (χ4v) is 2.15. The molecule has 0 atom stereocenters. The topological polar surface area (TPSA) is 49.8 Å². The van der Waals surface area contributed by atoms with Gasteiger partial charge < -0.3 is 4.42 Å². The lowest BCUT2D eigenvalue weighted by Gasteiger charge is -2.07. The molecular formula is C15H10N2O. The zero-order chi connectivity index (χ0) is 12.5. The summed E-state index contributed by atoms with van der Waals surface area (Å²) < 4.78 is 5.32. The summed E-state index contributed by atoms with van der Waals surface area (Å²) in [6, 6.07) is 14.1. The summed E-state index contributed by atoms with van der Waals surface area (Å²) in [4.78, 5) is 4.10. The molecule has 0 aliphatic heterocycles. The van der Waals surface area contributed by atoms with E-state index >= 15 is 0 Å². The maximum absolute atomic E-state index is 9.27. The van der Waals surface area contributed by atoms with E-state index in [0.29, 0.717) is 16.7 Å². The summed E-state index contributed by atoms with van der Waals surface area (Å²) in [5.41, 5.74) is 4.89. The fourth-order valence-electron chi connectivity index (χ4n) is 2.15. The molecule has 0 N–H and O–H groups in total. The summed E-state index contributed by atoms with van der Waals surface area (Å²) in [5.74, 6) is 0. The normalized spacial score (nSPS) is 10.4. The van der Waals surface area contributed by atoms with Crippen molar-refractivity contribution in [1.29, 1.82) is 5.26 Å². The first-order valence-electron chi connectivity index (χ1n) is 5.63. The number of aromatic nitrogens is 1. The van der Waals surface area contributed by atoms with Crippen molar-refractivity contribution in [2.45, 2.75) is 6.92 Å². The lowest BCUT2D eigenvalue weighted by Crippen LogP contribution is -1.90. The fraction of sp³-hybridized carbons (Fsp3) is 0.0667. The Morgan fingerprint density at radius 3 is 2.72 bits per heavy atom. The van der Waals surface area contributed by atoms with Crippen molar-refractivity contribution in [3.63, 3.8) is 0 Å². The van der Waals surface area contributed by atoms with Crippen molar-refractivity contribution in [2.24, 2.45) is 0 Å². The number of oxazole rings is 1. The second kappa shape index (κ2) is 4.01. The lowest BCUT2D eigenvalue weighted by atomic mass is 9.96. The molecule has 0 amide bonds. The maximum Gasteiger partial charge on any atom is 0.182 e. The molecule has 1 aromatic heterocycles. The van der Waals surface area contributed by atoms with Crippen molar-refractivity contribution < 1.29 is 4.42 Å². The van der Waals surface area contributed by atoms with Crippen LogP contribution in [0.2, 0.25) is 0 Å². The minimum atomic E-state index is 0.583. The van der Waals surface area contributed by atoms with Gasteiger partial charge in [-0.1, -0.05) is 30.3 Å². The van der Waals surface area contributed by atoms with Crippen LogP contribution in [-0.2, 0) is 0 Å². The van der Waals surface area contributed by atoms with Crippen LogP contribution in [0.3, 0.4) is 0 Å². The number of fused-ring (bicyclic) bond motifs is 1. The van der Waals surface area contributed by atoms with E-state index in [1.54, 1.807) is 0 Å². The zero-order valence-corrected chi connectivity index (χ0v) is 9.84. The Hall–Kier alpha value is -2.60. The minimum Gasteiger partial charge on any atom is -0.443 e. The molecule has 0 fully saturated rings. The highest BCUT2D eigenvalue weighted by molar-refractivity contribution is 5.88. The molecule has 0 radical (unpaired) electrons. The van der Waals surface area contributed by atoms with Crippen LogP contribution in [0.1, 0.15) is 11.1 Å². The van der Waals surface area contributed by atoms with E-state index in [1.807, 2.05) is 43.3 Å². The van der Waals surface area contributed by atoms with Gasteiger partial charge in [0.05, 0.1) is 5.56 Å². The molecule has 3 nitrogen and oxygen atoms in total. The summed E-state index contributed by atoms with van der Waals surface area (Å²) in [6.07, 6.45) is 1.37. The number of hydrogen-bond acceptors (Lipinski definition) is 3. The molecule has 3 heteroatoms. The Kier molecular flexibility index (Phi) is 2.35. The van der Waals surface area contributed by atoms with Crippen LogP contribution in [-0.4, -0.2) is 4.98 Å². The molecule has 3 aromatic rings. The Bertz CT molecular complexity index is 751. The van der Waals surface area contributed by atoms with E-state index in [2.05, 4.69) is 11.1 Å². The number of nitriles is 1. The predicted molar refractivity (Wildman–Crippen MR) is 68.9 cm³/mol. The Morgan fingerprint density at radius 2 is 2.00 bits per heavy atom. The van der Waals surface area contributed by atoms with E-state index in [0.717, 1.165) is 16.7 Å². The Balaban J connectivity index is 2.38. The Morgan fingerprint density at radius 1 is 1.22 bits per heavy atom. The largest absolute Gasteiger partial charge is 0.443 e. The van der Waals surface area contributed by atoms with Crippen molar-refractivity contribution in [3.05, 3.63) is 53.9 Å². The van der Waals surface area contributed by atoms with Crippen LogP contribution in [0, 0.1) is 18.3 Å². The van der Waals surface area contributed by atoms with Crippen molar-refractivity contribution >= 4 is 11.1 Å². The summed E-state index contributed by atoms with van der Waals surface area (Å²) in [6.45, 7) is 1.94. The lowest BCUT2D eigenvalue weighted by molar-refractivity contribution is 0.602. The van der Waals surface area contributed by atoms with Crippen molar-refractivity contribution in [3.8, 4) is 17.2 Å². The van der Waals surface area contributed by atoms with Crippen LogP contribution in [0.5, 0.6) is 0 Å². The van der Waals surface area contributed by atoms with Gasteiger partial charge in [-0.2, -0.15) is 5.26 Å². The van der Waals surface area contributed by atoms with Crippen molar-refractivity contribution in [1.82, 2.24) is 4.98 Å². The van der Waals surface area contributed by atoms with E-state index in [4.69, 9.17) is 4.42 Å². The molecule has 0 aliphatic rings. The summed E-state index contributed by atoms with van der Waals surface area (Å²) in [7, 11) is 0. The predicted octanol–water partition coefficient (Wildman–Crippen LogP) is 3.67. The third-order valence-electron chi connectivity index (χ3n) is 3.08. The van der Waals surface area contributed by atoms with Gasteiger partial charge in [-0.05, 0) is 29.7 Å². The highest BCUT2D eigenvalue weighted by atomic mass is 16.3. The first-order valence-corrected chi connectivity index (χ1v) is 5.63. The molecule has 0 spiro atoms. The first-order chi connectivity index (χ1) is 8.81. The van der Waals surface area contributed by atoms with E-state index in [1.165, 1.54) is 6.39 Å². The molecule has 0 unspecified atom stereocenters. The van der Waals surface area contributed by atoms with Gasteiger partial charge in [0.2, 0.25) is 0 Å². The molecule has 86 valence electrons. The third-order valence-corrected chi connectivity index (χ3v) is 3.08. The van der Waals surface area contributed by atoms with Crippen LogP contribution in [0.4, 0.5) is 0 Å². The SMILES string of the molecule is Cc1c(-c2ccccc2)cc2ocnc2c1C#N. The monoisotopic (exact) mass is 234 g/mol.